The van der Waals surface area contributed by atoms with Crippen LogP contribution < -0.4 is 24.2 Å². The molecule has 3 aromatic rings. The van der Waals surface area contributed by atoms with E-state index in [4.69, 9.17) is 14.2 Å². The van der Waals surface area contributed by atoms with Crippen molar-refractivity contribution in [2.24, 2.45) is 0 Å². The van der Waals surface area contributed by atoms with Gasteiger partial charge < -0.3 is 19.5 Å². The molecule has 0 aliphatic carbocycles. The zero-order valence-corrected chi connectivity index (χ0v) is 19.4. The van der Waals surface area contributed by atoms with Crippen LogP contribution in [0.2, 0.25) is 0 Å². The average molecular weight is 478 g/mol. The molecule has 1 heterocycles. The van der Waals surface area contributed by atoms with Gasteiger partial charge in [0.05, 0.1) is 31.9 Å². The Kier molecular flexibility index (Phi) is 7.54. The molecule has 0 aliphatic heterocycles. The van der Waals surface area contributed by atoms with E-state index in [9.17, 15) is 13.2 Å². The summed E-state index contributed by atoms with van der Waals surface area (Å²) in [4.78, 5) is 16.8. The second-order valence-corrected chi connectivity index (χ2v) is 9.07. The van der Waals surface area contributed by atoms with Gasteiger partial charge in [0, 0.05) is 29.6 Å². The van der Waals surface area contributed by atoms with Gasteiger partial charge in [0.2, 0.25) is 11.7 Å². The van der Waals surface area contributed by atoms with E-state index < -0.39 is 10.0 Å². The number of hydrogen-bond donors (Lipinski definition) is 2. The number of rotatable bonds is 10. The summed E-state index contributed by atoms with van der Waals surface area (Å²) >= 11 is 1.16. The molecule has 0 aliphatic rings. The lowest BCUT2D eigenvalue weighted by atomic mass is 10.2. The number of thiazole rings is 1. The molecule has 11 heteroatoms. The number of carbonyl (C=O) groups excluding carboxylic acids is 1. The van der Waals surface area contributed by atoms with Crippen LogP contribution in [-0.4, -0.2) is 40.6 Å². The van der Waals surface area contributed by atoms with Crippen molar-refractivity contribution in [1.82, 2.24) is 4.98 Å². The second kappa shape index (κ2) is 10.3. The van der Waals surface area contributed by atoms with Crippen LogP contribution in [0.1, 0.15) is 12.1 Å². The van der Waals surface area contributed by atoms with Gasteiger partial charge in [-0.05, 0) is 18.6 Å². The van der Waals surface area contributed by atoms with Crippen molar-refractivity contribution in [3.8, 4) is 17.2 Å². The molecule has 32 heavy (non-hydrogen) atoms. The van der Waals surface area contributed by atoms with Crippen molar-refractivity contribution < 1.29 is 27.4 Å². The number of aryl methyl sites for hydroxylation is 1. The fourth-order valence-corrected chi connectivity index (χ4v) is 4.88. The Hall–Kier alpha value is -3.31. The van der Waals surface area contributed by atoms with Gasteiger partial charge in [0.25, 0.3) is 10.0 Å². The minimum atomic E-state index is -3.71. The molecule has 0 radical (unpaired) electrons. The van der Waals surface area contributed by atoms with E-state index in [1.807, 2.05) is 0 Å². The first-order chi connectivity index (χ1) is 15.4. The van der Waals surface area contributed by atoms with Crippen molar-refractivity contribution in [2.75, 3.05) is 31.4 Å². The molecular formula is C21H23N3O6S2. The lowest BCUT2D eigenvalue weighted by Gasteiger charge is -2.14. The van der Waals surface area contributed by atoms with E-state index in [-0.39, 0.29) is 22.4 Å². The van der Waals surface area contributed by atoms with Crippen LogP contribution in [0, 0.1) is 0 Å². The number of benzene rings is 2. The summed E-state index contributed by atoms with van der Waals surface area (Å²) in [6, 6.07) is 11.3. The Morgan fingerprint density at radius 2 is 1.69 bits per heavy atom. The van der Waals surface area contributed by atoms with Crippen LogP contribution in [-0.2, 0) is 21.2 Å². The number of nitrogens with zero attached hydrogens (tertiary/aromatic N) is 1. The predicted molar refractivity (Wildman–Crippen MR) is 122 cm³/mol. The predicted octanol–water partition coefficient (Wildman–Crippen LogP) is 3.54. The van der Waals surface area contributed by atoms with Gasteiger partial charge in [-0.15, -0.1) is 11.3 Å². The molecular weight excluding hydrogens is 454 g/mol. The van der Waals surface area contributed by atoms with E-state index in [1.54, 1.807) is 35.7 Å². The van der Waals surface area contributed by atoms with Crippen LogP contribution in [0.4, 0.5) is 10.8 Å². The summed E-state index contributed by atoms with van der Waals surface area (Å²) in [5.41, 5.74) is 1.11. The highest BCUT2D eigenvalue weighted by Crippen LogP contribution is 2.40. The molecule has 2 aromatic carbocycles. The molecule has 0 atom stereocenters. The highest BCUT2D eigenvalue weighted by Gasteiger charge is 2.17. The average Bonchev–Trinajstić information content (AvgIpc) is 3.24. The number of aromatic nitrogens is 1. The second-order valence-electron chi connectivity index (χ2n) is 6.52. The summed E-state index contributed by atoms with van der Waals surface area (Å²) in [7, 11) is 0.784. The number of carbonyl (C=O) groups is 1. The molecule has 0 unspecified atom stereocenters. The number of nitrogens with one attached hydrogen (secondary N) is 2. The van der Waals surface area contributed by atoms with Crippen LogP contribution in [0.15, 0.2) is 52.7 Å². The van der Waals surface area contributed by atoms with Crippen molar-refractivity contribution >= 4 is 38.1 Å². The number of methoxy groups -OCH3 is 3. The van der Waals surface area contributed by atoms with E-state index in [0.717, 1.165) is 11.3 Å². The Balaban J connectivity index is 1.60. The number of amides is 1. The maximum absolute atomic E-state index is 12.4. The van der Waals surface area contributed by atoms with Gasteiger partial charge in [-0.3, -0.25) is 9.52 Å². The summed E-state index contributed by atoms with van der Waals surface area (Å²) in [5, 5.41) is 4.75. The Morgan fingerprint density at radius 3 is 2.28 bits per heavy atom. The fraction of sp³-hybridized carbons (Fsp3) is 0.238. The number of ether oxygens (including phenoxy) is 3. The first-order valence-electron chi connectivity index (χ1n) is 9.48. The summed E-state index contributed by atoms with van der Waals surface area (Å²) in [5.74, 6) is 1.05. The van der Waals surface area contributed by atoms with Crippen molar-refractivity contribution in [3.63, 3.8) is 0 Å². The van der Waals surface area contributed by atoms with Crippen molar-refractivity contribution in [2.45, 2.75) is 17.7 Å². The van der Waals surface area contributed by atoms with Crippen LogP contribution in [0.5, 0.6) is 17.2 Å². The number of hydrogen-bond acceptors (Lipinski definition) is 8. The van der Waals surface area contributed by atoms with Crippen LogP contribution in [0.25, 0.3) is 0 Å². The van der Waals surface area contributed by atoms with Gasteiger partial charge in [-0.25, -0.2) is 13.4 Å². The lowest BCUT2D eigenvalue weighted by Crippen LogP contribution is -2.13. The Morgan fingerprint density at radius 1 is 1.03 bits per heavy atom. The molecule has 3 rings (SSSR count). The topological polar surface area (TPSA) is 116 Å². The maximum atomic E-state index is 12.4. The first kappa shape index (κ1) is 23.4. The summed E-state index contributed by atoms with van der Waals surface area (Å²) < 4.78 is 43.1. The highest BCUT2D eigenvalue weighted by atomic mass is 32.2. The molecule has 1 aromatic heterocycles. The van der Waals surface area contributed by atoms with Gasteiger partial charge in [-0.2, -0.15) is 0 Å². The zero-order valence-electron chi connectivity index (χ0n) is 17.7. The molecule has 1 amide bonds. The third-order valence-corrected chi connectivity index (χ3v) is 6.67. The van der Waals surface area contributed by atoms with Gasteiger partial charge in [0.15, 0.2) is 16.6 Å². The minimum Gasteiger partial charge on any atom is -0.493 e. The standard InChI is InChI=1S/C21H23N3O6S2/c1-28-17-11-15(12-18(29-2)20(17)30-3)22-19(25)10-9-14-13-31-21(23-14)24-32(26,27)16-7-5-4-6-8-16/h4-8,11-13H,9-10H2,1-3H3,(H,22,25)(H,23,24). The summed E-state index contributed by atoms with van der Waals surface area (Å²) in [6.07, 6.45) is 0.505. The molecule has 9 nitrogen and oxygen atoms in total. The molecule has 170 valence electrons. The van der Waals surface area contributed by atoms with Crippen molar-refractivity contribution in [3.05, 3.63) is 53.5 Å². The van der Waals surface area contributed by atoms with Crippen LogP contribution in [0.3, 0.4) is 0 Å². The van der Waals surface area contributed by atoms with E-state index in [1.165, 1.54) is 33.5 Å². The first-order valence-corrected chi connectivity index (χ1v) is 11.8. The monoisotopic (exact) mass is 477 g/mol. The van der Waals surface area contributed by atoms with Gasteiger partial charge in [0.1, 0.15) is 0 Å². The SMILES string of the molecule is COc1cc(NC(=O)CCc2csc(NS(=O)(=O)c3ccccc3)n2)cc(OC)c1OC. The largest absolute Gasteiger partial charge is 0.493 e. The van der Waals surface area contributed by atoms with Gasteiger partial charge in [-0.1, -0.05) is 18.2 Å². The maximum Gasteiger partial charge on any atom is 0.263 e. The zero-order chi connectivity index (χ0) is 23.1. The quantitative estimate of drug-likeness (QED) is 0.459. The third kappa shape index (κ3) is 5.68. The Bertz CT molecular complexity index is 1150. The minimum absolute atomic E-state index is 0.154. The molecule has 0 spiro atoms. The molecule has 0 saturated heterocycles. The molecule has 0 bridgehead atoms. The van der Waals surface area contributed by atoms with Crippen molar-refractivity contribution in [1.29, 1.82) is 0 Å². The molecule has 2 N–H and O–H groups in total. The third-order valence-electron chi connectivity index (χ3n) is 4.38. The summed E-state index contributed by atoms with van der Waals surface area (Å²) in [6.45, 7) is 0. The molecule has 0 saturated carbocycles. The van der Waals surface area contributed by atoms with E-state index in [0.29, 0.717) is 35.1 Å². The number of sulfonamides is 1. The Labute approximate surface area is 190 Å². The van der Waals surface area contributed by atoms with Gasteiger partial charge >= 0.3 is 0 Å². The smallest absolute Gasteiger partial charge is 0.263 e. The van der Waals surface area contributed by atoms with Crippen LogP contribution >= 0.6 is 11.3 Å². The van der Waals surface area contributed by atoms with E-state index >= 15 is 0 Å². The number of anilines is 2. The fourth-order valence-electron chi connectivity index (χ4n) is 2.86. The lowest BCUT2D eigenvalue weighted by molar-refractivity contribution is -0.116. The normalized spacial score (nSPS) is 11.0. The van der Waals surface area contributed by atoms with E-state index in [2.05, 4.69) is 15.0 Å². The highest BCUT2D eigenvalue weighted by molar-refractivity contribution is 7.93. The molecule has 0 fully saturated rings.